The maximum absolute atomic E-state index is 9.05. The Labute approximate surface area is 85.4 Å². The molecule has 2 nitrogen and oxygen atoms in total. The van der Waals surface area contributed by atoms with Crippen LogP contribution in [-0.2, 0) is 0 Å². The van der Waals surface area contributed by atoms with E-state index < -0.39 is 0 Å². The van der Waals surface area contributed by atoms with E-state index in [1.807, 2.05) is 24.3 Å². The number of anilines is 1. The third-order valence-electron chi connectivity index (χ3n) is 2.23. The molecule has 0 heterocycles. The maximum Gasteiger partial charge on any atom is 0.0735 e. The second-order valence-electron chi connectivity index (χ2n) is 3.94. The van der Waals surface area contributed by atoms with Crippen LogP contribution in [0.1, 0.15) is 31.7 Å². The first-order valence-corrected chi connectivity index (χ1v) is 4.89. The van der Waals surface area contributed by atoms with Crippen LogP contribution in [0.15, 0.2) is 24.3 Å². The van der Waals surface area contributed by atoms with Crippen LogP contribution in [0.25, 0.3) is 0 Å². The van der Waals surface area contributed by atoms with Gasteiger partial charge >= 0.3 is 0 Å². The lowest BCUT2D eigenvalue weighted by molar-refractivity contribution is 0.556. The molecule has 0 aromatic heterocycles. The smallest absolute Gasteiger partial charge is 0.0735 e. The minimum atomic E-state index is -0.0730. The average molecular weight is 188 g/mol. The molecule has 74 valence electrons. The Morgan fingerprint density at radius 3 is 2.50 bits per heavy atom. The van der Waals surface area contributed by atoms with Crippen molar-refractivity contribution < 1.29 is 0 Å². The van der Waals surface area contributed by atoms with E-state index in [4.69, 9.17) is 11.0 Å². The second kappa shape index (κ2) is 4.66. The van der Waals surface area contributed by atoms with E-state index >= 15 is 0 Å². The summed E-state index contributed by atoms with van der Waals surface area (Å²) < 4.78 is 0. The lowest BCUT2D eigenvalue weighted by atomic mass is 9.90. The lowest BCUT2D eigenvalue weighted by Crippen LogP contribution is -2.03. The first-order valence-electron chi connectivity index (χ1n) is 4.89. The van der Waals surface area contributed by atoms with Gasteiger partial charge in [0.15, 0.2) is 0 Å². The third-order valence-corrected chi connectivity index (χ3v) is 2.23. The van der Waals surface area contributed by atoms with E-state index in [2.05, 4.69) is 19.9 Å². The fourth-order valence-corrected chi connectivity index (χ4v) is 1.55. The Morgan fingerprint density at radius 1 is 1.36 bits per heavy atom. The zero-order valence-corrected chi connectivity index (χ0v) is 8.70. The van der Waals surface area contributed by atoms with Gasteiger partial charge in [-0.1, -0.05) is 32.0 Å². The minimum absolute atomic E-state index is 0.0730. The largest absolute Gasteiger partial charge is 0.398 e. The van der Waals surface area contributed by atoms with Gasteiger partial charge in [-0.2, -0.15) is 5.26 Å². The molecule has 0 aliphatic carbocycles. The van der Waals surface area contributed by atoms with E-state index in [0.717, 1.165) is 17.7 Å². The van der Waals surface area contributed by atoms with Crippen LogP contribution in [0.5, 0.6) is 0 Å². The lowest BCUT2D eigenvalue weighted by Gasteiger charge is -2.13. The summed E-state index contributed by atoms with van der Waals surface area (Å²) in [5, 5.41) is 9.05. The molecule has 0 bridgehead atoms. The van der Waals surface area contributed by atoms with Gasteiger partial charge in [0.1, 0.15) is 0 Å². The standard InChI is InChI=1S/C12H16N2/c1-9(2)7-10(8-13)11-5-3-4-6-12(11)14/h3-6,9-10H,7,14H2,1-2H3. The van der Waals surface area contributed by atoms with Gasteiger partial charge < -0.3 is 5.73 Å². The SMILES string of the molecule is CC(C)CC(C#N)c1ccccc1N. The summed E-state index contributed by atoms with van der Waals surface area (Å²) in [5.41, 5.74) is 7.51. The molecule has 0 saturated carbocycles. The molecular formula is C12H16N2. The highest BCUT2D eigenvalue weighted by Crippen LogP contribution is 2.27. The normalized spacial score (nSPS) is 12.4. The van der Waals surface area contributed by atoms with Gasteiger partial charge in [0.05, 0.1) is 12.0 Å². The third kappa shape index (κ3) is 2.50. The average Bonchev–Trinajstić information content (AvgIpc) is 2.15. The van der Waals surface area contributed by atoms with Crippen molar-refractivity contribution in [1.82, 2.24) is 0 Å². The molecule has 1 aromatic rings. The Kier molecular flexibility index (Phi) is 3.53. The van der Waals surface area contributed by atoms with Crippen LogP contribution < -0.4 is 5.73 Å². The molecular weight excluding hydrogens is 172 g/mol. The zero-order valence-electron chi connectivity index (χ0n) is 8.70. The minimum Gasteiger partial charge on any atom is -0.398 e. The molecule has 1 unspecified atom stereocenters. The summed E-state index contributed by atoms with van der Waals surface area (Å²) in [6.45, 7) is 4.23. The maximum atomic E-state index is 9.05. The van der Waals surface area contributed by atoms with Crippen LogP contribution in [0.4, 0.5) is 5.69 Å². The Morgan fingerprint density at radius 2 is 2.00 bits per heavy atom. The molecule has 0 amide bonds. The van der Waals surface area contributed by atoms with Gasteiger partial charge in [0.2, 0.25) is 0 Å². The number of hydrogen-bond donors (Lipinski definition) is 1. The molecule has 2 heteroatoms. The highest BCUT2D eigenvalue weighted by Gasteiger charge is 2.14. The number of nitrogens with two attached hydrogens (primary N) is 1. The summed E-state index contributed by atoms with van der Waals surface area (Å²) >= 11 is 0. The van der Waals surface area contributed by atoms with Crippen LogP contribution in [0.3, 0.4) is 0 Å². The Bertz CT molecular complexity index is 336. The van der Waals surface area contributed by atoms with E-state index in [-0.39, 0.29) is 5.92 Å². The van der Waals surface area contributed by atoms with Crippen molar-refractivity contribution in [3.05, 3.63) is 29.8 Å². The van der Waals surface area contributed by atoms with Crippen molar-refractivity contribution in [2.45, 2.75) is 26.2 Å². The Balaban J connectivity index is 2.91. The molecule has 0 aliphatic heterocycles. The van der Waals surface area contributed by atoms with Gasteiger partial charge in [0, 0.05) is 5.69 Å². The van der Waals surface area contributed by atoms with Crippen LogP contribution in [0, 0.1) is 17.2 Å². The summed E-state index contributed by atoms with van der Waals surface area (Å²) in [4.78, 5) is 0. The molecule has 0 fully saturated rings. The highest BCUT2D eigenvalue weighted by atomic mass is 14.6. The molecule has 0 aliphatic rings. The summed E-state index contributed by atoms with van der Waals surface area (Å²) in [6.07, 6.45) is 0.866. The number of nitriles is 1. The summed E-state index contributed by atoms with van der Waals surface area (Å²) in [6, 6.07) is 9.91. The molecule has 0 radical (unpaired) electrons. The van der Waals surface area contributed by atoms with Crippen molar-refractivity contribution in [1.29, 1.82) is 5.26 Å². The number of nitrogens with zero attached hydrogens (tertiary/aromatic N) is 1. The van der Waals surface area contributed by atoms with Crippen molar-refractivity contribution >= 4 is 5.69 Å². The molecule has 14 heavy (non-hydrogen) atoms. The van der Waals surface area contributed by atoms with Gasteiger partial charge in [-0.05, 0) is 24.0 Å². The quantitative estimate of drug-likeness (QED) is 0.741. The van der Waals surface area contributed by atoms with Gasteiger partial charge in [0.25, 0.3) is 0 Å². The summed E-state index contributed by atoms with van der Waals surface area (Å²) in [7, 11) is 0. The van der Waals surface area contributed by atoms with Crippen LogP contribution in [-0.4, -0.2) is 0 Å². The Hall–Kier alpha value is -1.49. The van der Waals surface area contributed by atoms with Crippen LogP contribution >= 0.6 is 0 Å². The fourth-order valence-electron chi connectivity index (χ4n) is 1.55. The first kappa shape index (κ1) is 10.6. The van der Waals surface area contributed by atoms with E-state index in [9.17, 15) is 0 Å². The summed E-state index contributed by atoms with van der Waals surface area (Å²) in [5.74, 6) is 0.440. The highest BCUT2D eigenvalue weighted by molar-refractivity contribution is 5.50. The second-order valence-corrected chi connectivity index (χ2v) is 3.94. The number of para-hydroxylation sites is 1. The van der Waals surface area contributed by atoms with Crippen molar-refractivity contribution in [2.75, 3.05) is 5.73 Å². The number of rotatable bonds is 3. The monoisotopic (exact) mass is 188 g/mol. The predicted molar refractivity (Wildman–Crippen MR) is 58.7 cm³/mol. The molecule has 1 atom stereocenters. The van der Waals surface area contributed by atoms with Crippen molar-refractivity contribution in [3.63, 3.8) is 0 Å². The zero-order chi connectivity index (χ0) is 10.6. The van der Waals surface area contributed by atoms with Gasteiger partial charge in [-0.15, -0.1) is 0 Å². The van der Waals surface area contributed by atoms with Gasteiger partial charge in [-0.3, -0.25) is 0 Å². The number of hydrogen-bond acceptors (Lipinski definition) is 2. The molecule has 2 N–H and O–H groups in total. The molecule has 1 rings (SSSR count). The molecule has 1 aromatic carbocycles. The van der Waals surface area contributed by atoms with E-state index in [0.29, 0.717) is 5.92 Å². The number of nitrogen functional groups attached to an aromatic ring is 1. The van der Waals surface area contributed by atoms with E-state index in [1.54, 1.807) is 0 Å². The molecule has 0 spiro atoms. The number of benzene rings is 1. The first-order chi connectivity index (χ1) is 6.65. The van der Waals surface area contributed by atoms with Crippen LogP contribution in [0.2, 0.25) is 0 Å². The molecule has 0 saturated heterocycles. The van der Waals surface area contributed by atoms with Gasteiger partial charge in [-0.25, -0.2) is 0 Å². The fraction of sp³-hybridized carbons (Fsp3) is 0.417. The van der Waals surface area contributed by atoms with Crippen molar-refractivity contribution in [3.8, 4) is 6.07 Å². The topological polar surface area (TPSA) is 49.8 Å². The predicted octanol–water partition coefficient (Wildman–Crippen LogP) is 2.92. The van der Waals surface area contributed by atoms with Crippen molar-refractivity contribution in [2.24, 2.45) is 5.92 Å². The van der Waals surface area contributed by atoms with E-state index in [1.165, 1.54) is 0 Å².